The molecule has 0 atom stereocenters. The van der Waals surface area contributed by atoms with Gasteiger partial charge in [0.1, 0.15) is 0 Å². The van der Waals surface area contributed by atoms with Gasteiger partial charge in [0.05, 0.1) is 6.61 Å². The third-order valence-corrected chi connectivity index (χ3v) is 2.13. The van der Waals surface area contributed by atoms with Crippen LogP contribution in [-0.4, -0.2) is 27.8 Å². The van der Waals surface area contributed by atoms with Crippen molar-refractivity contribution in [2.45, 2.75) is 31.3 Å². The molecular formula is C9H16AlClO2. The van der Waals surface area contributed by atoms with E-state index in [4.69, 9.17) is 0 Å². The fraction of sp³-hybridized carbons (Fsp3) is 0.667. The first kappa shape index (κ1) is 18.6. The smallest absolute Gasteiger partial charge is 1.00 e. The van der Waals surface area contributed by atoms with Crippen molar-refractivity contribution in [3.63, 3.8) is 0 Å². The van der Waals surface area contributed by atoms with Crippen molar-refractivity contribution < 1.29 is 21.9 Å². The minimum absolute atomic E-state index is 0. The summed E-state index contributed by atoms with van der Waals surface area (Å²) in [5, 5.41) is 2.85. The molecule has 0 aliphatic heterocycles. The molecule has 0 aromatic rings. The maximum Gasteiger partial charge on any atom is -1.00 e. The van der Waals surface area contributed by atoms with E-state index < -0.39 is 5.97 Å². The van der Waals surface area contributed by atoms with Crippen molar-refractivity contribution in [3.8, 4) is 12.3 Å². The number of ether oxygens (including phenoxy) is 1. The molecule has 0 saturated heterocycles. The Kier molecular flexibility index (Phi) is 25.5. The Morgan fingerprint density at radius 1 is 1.38 bits per heavy atom. The van der Waals surface area contributed by atoms with Crippen molar-refractivity contribution >= 4 is 21.2 Å². The van der Waals surface area contributed by atoms with Crippen LogP contribution in [0.25, 0.3) is 0 Å². The van der Waals surface area contributed by atoms with Crippen LogP contribution in [0.15, 0.2) is 0 Å². The molecule has 0 fully saturated rings. The van der Waals surface area contributed by atoms with Gasteiger partial charge in [0.15, 0.2) is 0 Å². The first-order valence-electron chi connectivity index (χ1n) is 4.17. The molecule has 0 spiro atoms. The van der Waals surface area contributed by atoms with E-state index in [1.807, 2.05) is 0 Å². The van der Waals surface area contributed by atoms with Crippen molar-refractivity contribution in [2.24, 2.45) is 0 Å². The average Bonchev–Trinajstić information content (AvgIpc) is 2.07. The van der Waals surface area contributed by atoms with Crippen LogP contribution in [0.3, 0.4) is 0 Å². The van der Waals surface area contributed by atoms with Gasteiger partial charge >= 0.3 is 45.6 Å². The van der Waals surface area contributed by atoms with Gasteiger partial charge in [0, 0.05) is 5.92 Å². The van der Waals surface area contributed by atoms with Crippen LogP contribution in [-0.2, 0) is 9.53 Å². The Hall–Kier alpha value is -0.148. The van der Waals surface area contributed by atoms with E-state index in [-0.39, 0.29) is 12.4 Å². The van der Waals surface area contributed by atoms with Crippen LogP contribution in [0.4, 0.5) is 0 Å². The van der Waals surface area contributed by atoms with E-state index >= 15 is 0 Å². The van der Waals surface area contributed by atoms with Crippen LogP contribution < -0.4 is 12.4 Å². The van der Waals surface area contributed by atoms with E-state index in [0.29, 0.717) is 6.61 Å². The molecule has 2 nitrogen and oxygen atoms in total. The number of hydrogen-bond donors (Lipinski definition) is 0. The molecular weight excluding hydrogens is 203 g/mol. The fourth-order valence-corrected chi connectivity index (χ4v) is 1.04. The molecule has 13 heavy (non-hydrogen) atoms. The normalized spacial score (nSPS) is 6.31. The standard InChI is InChI=1S/C5H6O2.2C2H5.Al.ClH/c1-3-5(6)7-4-2;2*1-2;;/h1H,4H2,2H3;2*1H2,2H3;;1H/q;;;+1;/p-1. The van der Waals surface area contributed by atoms with E-state index in [9.17, 15) is 4.79 Å². The zero-order chi connectivity index (χ0) is 9.82. The molecule has 0 unspecified atom stereocenters. The van der Waals surface area contributed by atoms with Gasteiger partial charge in [0.25, 0.3) is 0 Å². The summed E-state index contributed by atoms with van der Waals surface area (Å²) in [6.07, 6.45) is 4.63. The van der Waals surface area contributed by atoms with Crippen molar-refractivity contribution in [2.75, 3.05) is 6.61 Å². The summed E-state index contributed by atoms with van der Waals surface area (Å²) in [7, 11) is 0. The zero-order valence-corrected chi connectivity index (χ0v) is 10.4. The molecule has 0 heterocycles. The molecule has 74 valence electrons. The summed E-state index contributed by atoms with van der Waals surface area (Å²) >= 11 is 0.815. The maximum absolute atomic E-state index is 9.95. The van der Waals surface area contributed by atoms with E-state index in [0.717, 1.165) is 15.2 Å². The first-order chi connectivity index (χ1) is 5.72. The second-order valence-corrected chi connectivity index (χ2v) is 4.18. The monoisotopic (exact) mass is 218 g/mol. The van der Waals surface area contributed by atoms with Crippen LogP contribution in [0, 0.1) is 12.3 Å². The molecule has 0 aromatic carbocycles. The van der Waals surface area contributed by atoms with E-state index in [1.165, 1.54) is 10.6 Å². The minimum atomic E-state index is -0.595. The van der Waals surface area contributed by atoms with Gasteiger partial charge in [-0.05, 0) is 6.92 Å². The summed E-state index contributed by atoms with van der Waals surface area (Å²) in [6.45, 7) is 6.55. The van der Waals surface area contributed by atoms with Crippen molar-refractivity contribution in [3.05, 3.63) is 0 Å². The van der Waals surface area contributed by atoms with Gasteiger partial charge in [-0.1, -0.05) is 0 Å². The van der Waals surface area contributed by atoms with Gasteiger partial charge < -0.3 is 17.1 Å². The van der Waals surface area contributed by atoms with Crippen LogP contribution >= 0.6 is 0 Å². The zero-order valence-electron chi connectivity index (χ0n) is 8.47. The summed E-state index contributed by atoms with van der Waals surface area (Å²) in [5.41, 5.74) is 0. The minimum Gasteiger partial charge on any atom is -1.00 e. The molecule has 0 rings (SSSR count). The van der Waals surface area contributed by atoms with E-state index in [2.05, 4.69) is 25.0 Å². The van der Waals surface area contributed by atoms with E-state index in [1.54, 1.807) is 12.8 Å². The molecule has 0 aliphatic rings. The SMILES string of the molecule is C#CC(=O)OCC.C[CH2][Al+][CH2]C.[Cl-]. The van der Waals surface area contributed by atoms with Gasteiger partial charge in [0.2, 0.25) is 0 Å². The third-order valence-electron chi connectivity index (χ3n) is 0.971. The number of esters is 1. The predicted octanol–water partition coefficient (Wildman–Crippen LogP) is -1.25. The van der Waals surface area contributed by atoms with Crippen LogP contribution in [0.2, 0.25) is 10.6 Å². The second-order valence-electron chi connectivity index (χ2n) is 1.97. The Morgan fingerprint density at radius 2 is 1.85 bits per heavy atom. The molecule has 0 saturated carbocycles. The number of rotatable bonds is 3. The summed E-state index contributed by atoms with van der Waals surface area (Å²) in [6, 6.07) is 0. The molecule has 0 N–H and O–H groups in total. The molecule has 0 bridgehead atoms. The molecule has 0 aromatic heterocycles. The molecule has 0 aliphatic carbocycles. The number of terminal acetylenes is 1. The Bertz CT molecular complexity index is 141. The van der Waals surface area contributed by atoms with Gasteiger partial charge in [-0.3, -0.25) is 0 Å². The Morgan fingerprint density at radius 3 is 1.92 bits per heavy atom. The Balaban J connectivity index is -0.000000150. The number of halogens is 1. The predicted molar refractivity (Wildman–Crippen MR) is 52.2 cm³/mol. The summed E-state index contributed by atoms with van der Waals surface area (Å²) in [5.74, 6) is 1.21. The van der Waals surface area contributed by atoms with Crippen LogP contribution in [0.5, 0.6) is 0 Å². The third kappa shape index (κ3) is 24.5. The van der Waals surface area contributed by atoms with Crippen molar-refractivity contribution in [1.29, 1.82) is 0 Å². The number of hydrogen-bond acceptors (Lipinski definition) is 2. The molecule has 0 radical (unpaired) electrons. The van der Waals surface area contributed by atoms with Gasteiger partial charge in [-0.25, -0.2) is 4.79 Å². The maximum atomic E-state index is 9.95. The van der Waals surface area contributed by atoms with Crippen molar-refractivity contribution in [1.82, 2.24) is 0 Å². The average molecular weight is 219 g/mol. The molecule has 0 amide bonds. The number of carbonyl (C=O) groups excluding carboxylic acids is 1. The Labute approximate surface area is 93.5 Å². The van der Waals surface area contributed by atoms with Gasteiger partial charge in [-0.15, -0.1) is 6.42 Å². The second kappa shape index (κ2) is 17.8. The van der Waals surface area contributed by atoms with Gasteiger partial charge in [-0.2, -0.15) is 0 Å². The quantitative estimate of drug-likeness (QED) is 0.256. The number of carbonyl (C=O) groups is 1. The topological polar surface area (TPSA) is 26.3 Å². The largest absolute Gasteiger partial charge is 1.00 e. The van der Waals surface area contributed by atoms with Crippen LogP contribution in [0.1, 0.15) is 20.8 Å². The first-order valence-corrected chi connectivity index (χ1v) is 5.81. The summed E-state index contributed by atoms with van der Waals surface area (Å²) < 4.78 is 4.32. The molecule has 4 heteroatoms. The summed E-state index contributed by atoms with van der Waals surface area (Å²) in [4.78, 5) is 9.95. The fourth-order valence-electron chi connectivity index (χ4n) is 0.461.